The van der Waals surface area contributed by atoms with E-state index in [4.69, 9.17) is 21.1 Å². The van der Waals surface area contributed by atoms with Crippen molar-refractivity contribution in [2.24, 2.45) is 0 Å². The summed E-state index contributed by atoms with van der Waals surface area (Å²) in [5.41, 5.74) is 4.28. The Kier molecular flexibility index (Phi) is 5.66. The Bertz CT molecular complexity index is 1460. The van der Waals surface area contributed by atoms with Crippen LogP contribution in [0.3, 0.4) is 0 Å². The van der Waals surface area contributed by atoms with E-state index in [2.05, 4.69) is 16.2 Å². The molecule has 0 aliphatic rings. The van der Waals surface area contributed by atoms with Gasteiger partial charge in [0, 0.05) is 18.0 Å². The number of rotatable bonds is 5. The summed E-state index contributed by atoms with van der Waals surface area (Å²) in [6.45, 7) is 4.07. The van der Waals surface area contributed by atoms with E-state index in [1.165, 1.54) is 11.3 Å². The van der Waals surface area contributed by atoms with Crippen LogP contribution in [0.15, 0.2) is 71.5 Å². The zero-order valence-corrected chi connectivity index (χ0v) is 19.5. The topological polar surface area (TPSA) is 72.1 Å². The number of halogens is 1. The first-order chi connectivity index (χ1) is 16.0. The lowest BCUT2D eigenvalue weighted by molar-refractivity contribution is 0.0984. The second kappa shape index (κ2) is 8.77. The quantitative estimate of drug-likeness (QED) is 0.292. The highest BCUT2D eigenvalue weighted by Crippen LogP contribution is 2.35. The third kappa shape index (κ3) is 4.13. The number of amides is 1. The van der Waals surface area contributed by atoms with Gasteiger partial charge >= 0.3 is 0 Å². The van der Waals surface area contributed by atoms with Gasteiger partial charge in [-0.25, -0.2) is 4.98 Å². The molecule has 0 spiro atoms. The first kappa shape index (κ1) is 21.3. The van der Waals surface area contributed by atoms with E-state index in [-0.39, 0.29) is 5.91 Å². The molecule has 1 amide bonds. The number of thiazole rings is 1. The molecule has 0 N–H and O–H groups in total. The van der Waals surface area contributed by atoms with Crippen molar-refractivity contribution in [1.82, 2.24) is 15.1 Å². The van der Waals surface area contributed by atoms with Crippen molar-refractivity contribution in [3.63, 3.8) is 0 Å². The van der Waals surface area contributed by atoms with Crippen LogP contribution in [0.5, 0.6) is 0 Å². The van der Waals surface area contributed by atoms with Crippen LogP contribution in [0.4, 0.5) is 5.13 Å². The van der Waals surface area contributed by atoms with Gasteiger partial charge in [-0.1, -0.05) is 58.4 Å². The summed E-state index contributed by atoms with van der Waals surface area (Å²) in [5, 5.41) is 5.26. The smallest absolute Gasteiger partial charge is 0.266 e. The van der Waals surface area contributed by atoms with E-state index in [1.807, 2.05) is 49.4 Å². The Hall–Kier alpha value is -3.55. The molecule has 0 saturated carbocycles. The van der Waals surface area contributed by atoms with Crippen molar-refractivity contribution in [3.05, 3.63) is 94.5 Å². The number of benzene rings is 2. The molecule has 5 rings (SSSR count). The van der Waals surface area contributed by atoms with E-state index >= 15 is 0 Å². The molecule has 0 aliphatic carbocycles. The molecule has 0 saturated heterocycles. The summed E-state index contributed by atoms with van der Waals surface area (Å²) in [4.78, 5) is 24.6. The molecule has 0 bridgehead atoms. The maximum atomic E-state index is 14.0. The molecule has 3 heterocycles. The Labute approximate surface area is 199 Å². The molecule has 164 valence electrons. The zero-order valence-electron chi connectivity index (χ0n) is 17.9. The second-order valence-electron chi connectivity index (χ2n) is 7.66. The van der Waals surface area contributed by atoms with E-state index in [1.54, 1.807) is 30.3 Å². The van der Waals surface area contributed by atoms with Gasteiger partial charge in [0.05, 0.1) is 21.8 Å². The van der Waals surface area contributed by atoms with Gasteiger partial charge in [-0.2, -0.15) is 0 Å². The number of nitrogens with zero attached hydrogens (tertiary/aromatic N) is 4. The number of hydrogen-bond acceptors (Lipinski definition) is 6. The van der Waals surface area contributed by atoms with E-state index in [9.17, 15) is 4.79 Å². The SMILES string of the molecule is Cc1ccc2nc(N(Cc3cccnc3)C(=O)c3c(-c4ccccc4Cl)noc3C)sc2c1. The van der Waals surface area contributed by atoms with Gasteiger partial charge < -0.3 is 4.52 Å². The molecule has 6 nitrogen and oxygen atoms in total. The molecule has 0 fully saturated rings. The van der Waals surface area contributed by atoms with Crippen LogP contribution < -0.4 is 4.90 Å². The van der Waals surface area contributed by atoms with Gasteiger partial charge in [-0.3, -0.25) is 14.7 Å². The summed E-state index contributed by atoms with van der Waals surface area (Å²) in [7, 11) is 0. The van der Waals surface area contributed by atoms with Gasteiger partial charge in [0.25, 0.3) is 5.91 Å². The van der Waals surface area contributed by atoms with Crippen molar-refractivity contribution in [3.8, 4) is 11.3 Å². The lowest BCUT2D eigenvalue weighted by atomic mass is 10.0. The van der Waals surface area contributed by atoms with Crippen molar-refractivity contribution in [1.29, 1.82) is 0 Å². The van der Waals surface area contributed by atoms with Crippen molar-refractivity contribution < 1.29 is 9.32 Å². The van der Waals surface area contributed by atoms with Crippen LogP contribution in [-0.2, 0) is 6.54 Å². The molecule has 2 aromatic carbocycles. The fourth-order valence-corrected chi connectivity index (χ4v) is 4.92. The van der Waals surface area contributed by atoms with Crippen LogP contribution >= 0.6 is 22.9 Å². The monoisotopic (exact) mass is 474 g/mol. The highest BCUT2D eigenvalue weighted by molar-refractivity contribution is 7.22. The number of anilines is 1. The zero-order chi connectivity index (χ0) is 22.9. The average molecular weight is 475 g/mol. The van der Waals surface area contributed by atoms with Crippen molar-refractivity contribution in [2.45, 2.75) is 20.4 Å². The maximum absolute atomic E-state index is 14.0. The molecule has 8 heteroatoms. The minimum atomic E-state index is -0.261. The summed E-state index contributed by atoms with van der Waals surface area (Å²) in [5.74, 6) is 0.159. The Balaban J connectivity index is 1.63. The average Bonchev–Trinajstić information content (AvgIpc) is 3.41. The number of aryl methyl sites for hydroxylation is 2. The first-order valence-electron chi connectivity index (χ1n) is 10.3. The van der Waals surface area contributed by atoms with Gasteiger partial charge in [0.2, 0.25) is 0 Å². The highest BCUT2D eigenvalue weighted by Gasteiger charge is 2.30. The molecular weight excluding hydrogens is 456 g/mol. The Morgan fingerprint density at radius 3 is 2.76 bits per heavy atom. The number of fused-ring (bicyclic) bond motifs is 1. The van der Waals surface area contributed by atoms with Crippen LogP contribution in [0.1, 0.15) is 27.2 Å². The van der Waals surface area contributed by atoms with E-state index in [0.29, 0.717) is 39.3 Å². The molecule has 0 atom stereocenters. The van der Waals surface area contributed by atoms with Crippen molar-refractivity contribution in [2.75, 3.05) is 4.90 Å². The van der Waals surface area contributed by atoms with Crippen LogP contribution in [0.2, 0.25) is 5.02 Å². The van der Waals surface area contributed by atoms with Crippen molar-refractivity contribution >= 4 is 44.2 Å². The van der Waals surface area contributed by atoms with Gasteiger partial charge in [0.15, 0.2) is 5.13 Å². The number of carbonyl (C=O) groups excluding carboxylic acids is 1. The summed E-state index contributed by atoms with van der Waals surface area (Å²) in [6.07, 6.45) is 3.45. The fourth-order valence-electron chi connectivity index (χ4n) is 3.63. The number of aromatic nitrogens is 3. The third-order valence-electron chi connectivity index (χ3n) is 5.28. The standard InChI is InChI=1S/C25H19ClN4O2S/c1-15-9-10-20-21(12-15)33-25(28-20)30(14-17-6-5-11-27-13-17)24(31)22-16(2)32-29-23(22)18-7-3-4-8-19(18)26/h3-13H,14H2,1-2H3. The molecule has 3 aromatic heterocycles. The predicted octanol–water partition coefficient (Wildman–Crippen LogP) is 6.46. The summed E-state index contributed by atoms with van der Waals surface area (Å²) < 4.78 is 6.47. The fraction of sp³-hybridized carbons (Fsp3) is 0.120. The Morgan fingerprint density at radius 2 is 1.97 bits per heavy atom. The summed E-state index contributed by atoms with van der Waals surface area (Å²) in [6, 6.07) is 17.1. The molecule has 0 aliphatic heterocycles. The van der Waals surface area contributed by atoms with Gasteiger partial charge in [0.1, 0.15) is 17.0 Å². The molecule has 0 radical (unpaired) electrons. The minimum absolute atomic E-state index is 0.261. The van der Waals surface area contributed by atoms with Gasteiger partial charge in [-0.15, -0.1) is 0 Å². The number of pyridine rings is 1. The molecule has 33 heavy (non-hydrogen) atoms. The van der Waals surface area contributed by atoms with Crippen LogP contribution in [0, 0.1) is 13.8 Å². The largest absolute Gasteiger partial charge is 0.360 e. The Morgan fingerprint density at radius 1 is 1.12 bits per heavy atom. The molecular formula is C25H19ClN4O2S. The lowest BCUT2D eigenvalue weighted by Gasteiger charge is -2.20. The first-order valence-corrected chi connectivity index (χ1v) is 11.5. The number of hydrogen-bond donors (Lipinski definition) is 0. The van der Waals surface area contributed by atoms with Crippen LogP contribution in [0.25, 0.3) is 21.5 Å². The highest BCUT2D eigenvalue weighted by atomic mass is 35.5. The lowest BCUT2D eigenvalue weighted by Crippen LogP contribution is -2.31. The third-order valence-corrected chi connectivity index (χ3v) is 6.65. The molecule has 0 unspecified atom stereocenters. The van der Waals surface area contributed by atoms with E-state index < -0.39 is 0 Å². The van der Waals surface area contributed by atoms with E-state index in [0.717, 1.165) is 21.3 Å². The maximum Gasteiger partial charge on any atom is 0.266 e. The predicted molar refractivity (Wildman–Crippen MR) is 131 cm³/mol. The van der Waals surface area contributed by atoms with Crippen LogP contribution in [-0.4, -0.2) is 21.0 Å². The minimum Gasteiger partial charge on any atom is -0.360 e. The normalized spacial score (nSPS) is 11.1. The number of carbonyl (C=O) groups is 1. The second-order valence-corrected chi connectivity index (χ2v) is 9.08. The summed E-state index contributed by atoms with van der Waals surface area (Å²) >= 11 is 7.89. The molecule has 5 aromatic rings. The van der Waals surface area contributed by atoms with Gasteiger partial charge in [-0.05, 0) is 49.2 Å².